The van der Waals surface area contributed by atoms with Crippen LogP contribution in [0.2, 0.25) is 0 Å². The van der Waals surface area contributed by atoms with Gasteiger partial charge in [-0.05, 0) is 44.7 Å². The highest BCUT2D eigenvalue weighted by molar-refractivity contribution is 5.92. The van der Waals surface area contributed by atoms with Gasteiger partial charge in [-0.2, -0.15) is 0 Å². The average molecular weight is 306 g/mol. The van der Waals surface area contributed by atoms with Crippen LogP contribution < -0.4 is 20.5 Å². The van der Waals surface area contributed by atoms with Crippen LogP contribution in [-0.4, -0.2) is 25.2 Å². The Morgan fingerprint density at radius 3 is 2.68 bits per heavy atom. The number of nitrogens with two attached hydrogens (primary N) is 1. The average Bonchev–Trinajstić information content (AvgIpc) is 2.87. The fourth-order valence-electron chi connectivity index (χ4n) is 2.90. The highest BCUT2D eigenvalue weighted by atomic mass is 16.5. The molecule has 1 aliphatic rings. The van der Waals surface area contributed by atoms with Crippen molar-refractivity contribution in [2.45, 2.75) is 45.6 Å². The normalized spacial score (nSPS) is 20.7. The molecule has 1 fully saturated rings. The van der Waals surface area contributed by atoms with Crippen molar-refractivity contribution in [3.05, 3.63) is 18.2 Å². The van der Waals surface area contributed by atoms with E-state index in [0.29, 0.717) is 31.1 Å². The predicted octanol–water partition coefficient (Wildman–Crippen LogP) is 2.94. The molecule has 1 aromatic carbocycles. The largest absolute Gasteiger partial charge is 0.494 e. The number of carbonyl (C=O) groups excluding carboxylic acids is 1. The van der Waals surface area contributed by atoms with E-state index >= 15 is 0 Å². The summed E-state index contributed by atoms with van der Waals surface area (Å²) in [5.41, 5.74) is 6.69. The van der Waals surface area contributed by atoms with Crippen LogP contribution in [0.15, 0.2) is 18.2 Å². The zero-order chi connectivity index (χ0) is 15.9. The van der Waals surface area contributed by atoms with Gasteiger partial charge in [0.2, 0.25) is 5.91 Å². The smallest absolute Gasteiger partial charge is 0.224 e. The SMILES string of the molecule is CCOc1ccc(OCC)c(NC(=O)C[C@@H]2CCC[C@H]2N)c1. The standard InChI is InChI=1S/C17H26N2O3/c1-3-21-13-8-9-16(22-4-2)15(11-13)19-17(20)10-12-6-5-7-14(12)18/h8-9,11-12,14H,3-7,10,18H2,1-2H3,(H,19,20)/t12-,14+/m0/s1. The Morgan fingerprint density at radius 2 is 2.05 bits per heavy atom. The Bertz CT molecular complexity index is 505. The predicted molar refractivity (Wildman–Crippen MR) is 87.3 cm³/mol. The maximum atomic E-state index is 12.3. The number of carbonyl (C=O) groups is 1. The van der Waals surface area contributed by atoms with Crippen LogP contribution in [-0.2, 0) is 4.79 Å². The van der Waals surface area contributed by atoms with Crippen LogP contribution in [0, 0.1) is 5.92 Å². The minimum absolute atomic E-state index is 0.0167. The molecule has 1 saturated carbocycles. The lowest BCUT2D eigenvalue weighted by atomic mass is 10.00. The van der Waals surface area contributed by atoms with Crippen LogP contribution in [0.5, 0.6) is 11.5 Å². The molecule has 122 valence electrons. The molecule has 1 aliphatic carbocycles. The molecule has 0 spiro atoms. The van der Waals surface area contributed by atoms with Crippen LogP contribution in [0.3, 0.4) is 0 Å². The summed E-state index contributed by atoms with van der Waals surface area (Å²) in [6.45, 7) is 4.97. The Labute approximate surface area is 132 Å². The molecule has 5 heteroatoms. The van der Waals surface area contributed by atoms with Crippen LogP contribution in [0.25, 0.3) is 0 Å². The molecule has 22 heavy (non-hydrogen) atoms. The summed E-state index contributed by atoms with van der Waals surface area (Å²) in [5.74, 6) is 1.65. The van der Waals surface area contributed by atoms with Crippen molar-refractivity contribution in [2.75, 3.05) is 18.5 Å². The van der Waals surface area contributed by atoms with Gasteiger partial charge in [-0.1, -0.05) is 6.42 Å². The molecular weight excluding hydrogens is 280 g/mol. The number of anilines is 1. The minimum Gasteiger partial charge on any atom is -0.494 e. The quantitative estimate of drug-likeness (QED) is 0.812. The number of benzene rings is 1. The van der Waals surface area contributed by atoms with Gasteiger partial charge in [0, 0.05) is 18.5 Å². The lowest BCUT2D eigenvalue weighted by molar-refractivity contribution is -0.117. The van der Waals surface area contributed by atoms with E-state index in [2.05, 4.69) is 5.32 Å². The molecular formula is C17H26N2O3. The summed E-state index contributed by atoms with van der Waals surface area (Å²) in [6, 6.07) is 5.62. The van der Waals surface area contributed by atoms with Crippen molar-refractivity contribution >= 4 is 11.6 Å². The number of hydrogen-bond acceptors (Lipinski definition) is 4. The molecule has 0 aromatic heterocycles. The molecule has 1 aromatic rings. The highest BCUT2D eigenvalue weighted by Crippen LogP contribution is 2.31. The molecule has 2 rings (SSSR count). The number of hydrogen-bond donors (Lipinski definition) is 2. The number of amides is 1. The maximum absolute atomic E-state index is 12.3. The van der Waals surface area contributed by atoms with E-state index in [0.717, 1.165) is 25.0 Å². The monoisotopic (exact) mass is 306 g/mol. The zero-order valence-corrected chi connectivity index (χ0v) is 13.4. The van der Waals surface area contributed by atoms with E-state index < -0.39 is 0 Å². The Hall–Kier alpha value is -1.75. The zero-order valence-electron chi connectivity index (χ0n) is 13.4. The van der Waals surface area contributed by atoms with Crippen molar-refractivity contribution < 1.29 is 14.3 Å². The molecule has 0 heterocycles. The van der Waals surface area contributed by atoms with Crippen LogP contribution in [0.4, 0.5) is 5.69 Å². The van der Waals surface area contributed by atoms with Gasteiger partial charge >= 0.3 is 0 Å². The van der Waals surface area contributed by atoms with Gasteiger partial charge in [0.15, 0.2) is 0 Å². The highest BCUT2D eigenvalue weighted by Gasteiger charge is 2.26. The summed E-state index contributed by atoms with van der Waals surface area (Å²) in [5, 5.41) is 2.94. The molecule has 0 unspecified atom stereocenters. The Morgan fingerprint density at radius 1 is 1.27 bits per heavy atom. The van der Waals surface area contributed by atoms with Gasteiger partial charge < -0.3 is 20.5 Å². The van der Waals surface area contributed by atoms with Gasteiger partial charge in [-0.3, -0.25) is 4.79 Å². The number of rotatable bonds is 7. The van der Waals surface area contributed by atoms with E-state index in [9.17, 15) is 4.79 Å². The van der Waals surface area contributed by atoms with Crippen molar-refractivity contribution in [1.82, 2.24) is 0 Å². The van der Waals surface area contributed by atoms with Gasteiger partial charge in [-0.15, -0.1) is 0 Å². The Kier molecular flexibility index (Phi) is 6.07. The fraction of sp³-hybridized carbons (Fsp3) is 0.588. The molecule has 0 saturated heterocycles. The topological polar surface area (TPSA) is 73.6 Å². The lowest BCUT2D eigenvalue weighted by Gasteiger charge is -2.17. The molecule has 0 bridgehead atoms. The van der Waals surface area contributed by atoms with Gasteiger partial charge in [0.05, 0.1) is 18.9 Å². The maximum Gasteiger partial charge on any atom is 0.224 e. The van der Waals surface area contributed by atoms with Gasteiger partial charge in [0.25, 0.3) is 0 Å². The summed E-state index contributed by atoms with van der Waals surface area (Å²) in [7, 11) is 0. The summed E-state index contributed by atoms with van der Waals surface area (Å²) in [4.78, 5) is 12.3. The summed E-state index contributed by atoms with van der Waals surface area (Å²) < 4.78 is 11.1. The van der Waals surface area contributed by atoms with E-state index in [4.69, 9.17) is 15.2 Å². The van der Waals surface area contributed by atoms with E-state index in [-0.39, 0.29) is 17.9 Å². The van der Waals surface area contributed by atoms with Crippen molar-refractivity contribution in [2.24, 2.45) is 11.7 Å². The minimum atomic E-state index is -0.0167. The Balaban J connectivity index is 2.05. The third kappa shape index (κ3) is 4.37. The van der Waals surface area contributed by atoms with Crippen LogP contribution >= 0.6 is 0 Å². The second-order valence-corrected chi connectivity index (χ2v) is 5.63. The number of ether oxygens (including phenoxy) is 2. The second-order valence-electron chi connectivity index (χ2n) is 5.63. The first-order valence-electron chi connectivity index (χ1n) is 8.09. The summed E-state index contributed by atoms with van der Waals surface area (Å²) >= 11 is 0. The second kappa shape index (κ2) is 8.03. The van der Waals surface area contributed by atoms with Crippen LogP contribution in [0.1, 0.15) is 39.5 Å². The lowest BCUT2D eigenvalue weighted by Crippen LogP contribution is -2.28. The van der Waals surface area contributed by atoms with Crippen molar-refractivity contribution in [3.63, 3.8) is 0 Å². The molecule has 5 nitrogen and oxygen atoms in total. The van der Waals surface area contributed by atoms with Gasteiger partial charge in [0.1, 0.15) is 11.5 Å². The van der Waals surface area contributed by atoms with E-state index in [1.54, 1.807) is 6.07 Å². The van der Waals surface area contributed by atoms with Gasteiger partial charge in [-0.25, -0.2) is 0 Å². The number of nitrogens with one attached hydrogen (secondary N) is 1. The first-order chi connectivity index (χ1) is 10.6. The van der Waals surface area contributed by atoms with Crippen molar-refractivity contribution in [3.8, 4) is 11.5 Å². The summed E-state index contributed by atoms with van der Waals surface area (Å²) in [6.07, 6.45) is 3.63. The first-order valence-corrected chi connectivity index (χ1v) is 8.09. The third-order valence-electron chi connectivity index (χ3n) is 4.00. The third-order valence-corrected chi connectivity index (χ3v) is 4.00. The molecule has 3 N–H and O–H groups in total. The molecule has 2 atom stereocenters. The molecule has 0 radical (unpaired) electrons. The van der Waals surface area contributed by atoms with E-state index in [1.165, 1.54) is 0 Å². The fourth-order valence-corrected chi connectivity index (χ4v) is 2.90. The van der Waals surface area contributed by atoms with E-state index in [1.807, 2.05) is 26.0 Å². The molecule has 0 aliphatic heterocycles. The molecule has 1 amide bonds. The first kappa shape index (κ1) is 16.6. The van der Waals surface area contributed by atoms with Crippen molar-refractivity contribution in [1.29, 1.82) is 0 Å².